The van der Waals surface area contributed by atoms with Crippen molar-refractivity contribution in [2.45, 2.75) is 70.4 Å². The van der Waals surface area contributed by atoms with Crippen LogP contribution >= 0.6 is 0 Å². The maximum atomic E-state index is 6.17. The standard InChI is InChI=1S/C15H29NO/c1-5-13(3)12-14(16-4)15(17-6-2)10-8-7-9-11-15/h14,16H,3,5-12H2,1-2,4H3. The minimum absolute atomic E-state index is 0.0554. The van der Waals surface area contributed by atoms with Gasteiger partial charge in [0.25, 0.3) is 0 Å². The van der Waals surface area contributed by atoms with Gasteiger partial charge in [-0.05, 0) is 39.7 Å². The number of nitrogens with one attached hydrogen (secondary N) is 1. The van der Waals surface area contributed by atoms with Crippen molar-refractivity contribution < 1.29 is 4.74 Å². The molecule has 1 atom stereocenters. The Balaban J connectivity index is 2.74. The molecule has 1 rings (SSSR count). The fourth-order valence-electron chi connectivity index (χ4n) is 3.02. The van der Waals surface area contributed by atoms with Gasteiger partial charge < -0.3 is 10.1 Å². The van der Waals surface area contributed by atoms with E-state index in [1.165, 1.54) is 37.7 Å². The van der Waals surface area contributed by atoms with Crippen LogP contribution in [0.5, 0.6) is 0 Å². The van der Waals surface area contributed by atoms with Crippen LogP contribution in [0.25, 0.3) is 0 Å². The lowest BCUT2D eigenvalue weighted by molar-refractivity contribution is -0.0884. The minimum atomic E-state index is 0.0554. The molecule has 100 valence electrons. The van der Waals surface area contributed by atoms with Gasteiger partial charge >= 0.3 is 0 Å². The second-order valence-corrected chi connectivity index (χ2v) is 5.21. The molecule has 0 aliphatic heterocycles. The molecule has 0 aromatic rings. The van der Waals surface area contributed by atoms with Gasteiger partial charge in [-0.2, -0.15) is 0 Å². The number of rotatable bonds is 7. The van der Waals surface area contributed by atoms with E-state index in [0.717, 1.165) is 19.4 Å². The molecule has 1 saturated carbocycles. The molecule has 2 heteroatoms. The number of likely N-dealkylation sites (N-methyl/N-ethyl adjacent to an activating group) is 1. The maximum absolute atomic E-state index is 6.17. The van der Waals surface area contributed by atoms with Crippen LogP contribution in [0.2, 0.25) is 0 Å². The van der Waals surface area contributed by atoms with E-state index in [1.54, 1.807) is 0 Å². The van der Waals surface area contributed by atoms with Crippen LogP contribution in [0.4, 0.5) is 0 Å². The van der Waals surface area contributed by atoms with E-state index in [9.17, 15) is 0 Å². The largest absolute Gasteiger partial charge is 0.374 e. The molecule has 1 aliphatic carbocycles. The highest BCUT2D eigenvalue weighted by Gasteiger charge is 2.39. The monoisotopic (exact) mass is 239 g/mol. The highest BCUT2D eigenvalue weighted by molar-refractivity contribution is 5.04. The summed E-state index contributed by atoms with van der Waals surface area (Å²) in [6, 6.07) is 0.426. The summed E-state index contributed by atoms with van der Waals surface area (Å²) >= 11 is 0. The predicted octanol–water partition coefficient (Wildman–Crippen LogP) is 3.67. The van der Waals surface area contributed by atoms with E-state index >= 15 is 0 Å². The van der Waals surface area contributed by atoms with Crippen molar-refractivity contribution in [2.75, 3.05) is 13.7 Å². The molecule has 1 N–H and O–H groups in total. The summed E-state index contributed by atoms with van der Waals surface area (Å²) in [4.78, 5) is 0. The van der Waals surface area contributed by atoms with Gasteiger partial charge in [0.2, 0.25) is 0 Å². The van der Waals surface area contributed by atoms with E-state index in [2.05, 4.69) is 32.8 Å². The van der Waals surface area contributed by atoms with E-state index in [1.807, 2.05) is 0 Å². The number of hydrogen-bond acceptors (Lipinski definition) is 2. The Hall–Kier alpha value is -0.340. The Morgan fingerprint density at radius 1 is 1.29 bits per heavy atom. The van der Waals surface area contributed by atoms with Crippen molar-refractivity contribution in [3.63, 3.8) is 0 Å². The zero-order chi connectivity index (χ0) is 12.7. The molecule has 0 aromatic heterocycles. The SMILES string of the molecule is C=C(CC)CC(NC)C1(OCC)CCCCC1. The van der Waals surface area contributed by atoms with Crippen LogP contribution in [0.15, 0.2) is 12.2 Å². The van der Waals surface area contributed by atoms with Gasteiger partial charge in [0.15, 0.2) is 0 Å². The summed E-state index contributed by atoms with van der Waals surface area (Å²) in [7, 11) is 2.06. The summed E-state index contributed by atoms with van der Waals surface area (Å²) < 4.78 is 6.17. The van der Waals surface area contributed by atoms with Gasteiger partial charge in [-0.1, -0.05) is 38.3 Å². The lowest BCUT2D eigenvalue weighted by atomic mass is 9.77. The summed E-state index contributed by atoms with van der Waals surface area (Å²) in [6.07, 6.45) is 8.48. The molecule has 1 aliphatic rings. The van der Waals surface area contributed by atoms with Crippen molar-refractivity contribution in [2.24, 2.45) is 0 Å². The fraction of sp³-hybridized carbons (Fsp3) is 0.867. The summed E-state index contributed by atoms with van der Waals surface area (Å²) in [6.45, 7) is 9.26. The smallest absolute Gasteiger partial charge is 0.0837 e. The van der Waals surface area contributed by atoms with Crippen molar-refractivity contribution in [1.82, 2.24) is 5.32 Å². The maximum Gasteiger partial charge on any atom is 0.0837 e. The van der Waals surface area contributed by atoms with Crippen LogP contribution in [0, 0.1) is 0 Å². The first-order valence-electron chi connectivity index (χ1n) is 7.16. The quantitative estimate of drug-likeness (QED) is 0.684. The van der Waals surface area contributed by atoms with E-state index in [0.29, 0.717) is 6.04 Å². The third-order valence-corrected chi connectivity index (χ3v) is 4.11. The van der Waals surface area contributed by atoms with E-state index in [-0.39, 0.29) is 5.60 Å². The van der Waals surface area contributed by atoms with Crippen LogP contribution in [0.3, 0.4) is 0 Å². The van der Waals surface area contributed by atoms with Crippen LogP contribution < -0.4 is 5.32 Å². The molecule has 0 heterocycles. The molecule has 0 amide bonds. The third kappa shape index (κ3) is 3.82. The highest BCUT2D eigenvalue weighted by Crippen LogP contribution is 2.36. The Labute approximate surface area is 107 Å². The lowest BCUT2D eigenvalue weighted by Gasteiger charge is -2.43. The topological polar surface area (TPSA) is 21.3 Å². The van der Waals surface area contributed by atoms with Crippen molar-refractivity contribution in [1.29, 1.82) is 0 Å². The van der Waals surface area contributed by atoms with Crippen molar-refractivity contribution in [3.05, 3.63) is 12.2 Å². The lowest BCUT2D eigenvalue weighted by Crippen LogP contribution is -2.52. The summed E-state index contributed by atoms with van der Waals surface area (Å²) in [5.41, 5.74) is 1.38. The first-order chi connectivity index (χ1) is 8.18. The molecule has 0 aromatic carbocycles. The van der Waals surface area contributed by atoms with Gasteiger partial charge in [-0.3, -0.25) is 0 Å². The van der Waals surface area contributed by atoms with Crippen molar-refractivity contribution >= 4 is 0 Å². The first kappa shape index (κ1) is 14.7. The molecule has 1 unspecified atom stereocenters. The number of ether oxygens (including phenoxy) is 1. The van der Waals surface area contributed by atoms with E-state index in [4.69, 9.17) is 4.74 Å². The molecule has 0 radical (unpaired) electrons. The van der Waals surface area contributed by atoms with Crippen LogP contribution in [-0.4, -0.2) is 25.3 Å². The van der Waals surface area contributed by atoms with Gasteiger partial charge in [0, 0.05) is 12.6 Å². The Bertz CT molecular complexity index is 226. The van der Waals surface area contributed by atoms with Crippen LogP contribution in [-0.2, 0) is 4.74 Å². The molecule has 2 nitrogen and oxygen atoms in total. The zero-order valence-corrected chi connectivity index (χ0v) is 11.8. The summed E-state index contributed by atoms with van der Waals surface area (Å²) in [5.74, 6) is 0. The Morgan fingerprint density at radius 2 is 1.94 bits per heavy atom. The molecule has 0 spiro atoms. The molecular formula is C15H29NO. The average molecular weight is 239 g/mol. The van der Waals surface area contributed by atoms with Gasteiger partial charge in [-0.25, -0.2) is 0 Å². The molecule has 1 fully saturated rings. The van der Waals surface area contributed by atoms with Crippen molar-refractivity contribution in [3.8, 4) is 0 Å². The predicted molar refractivity (Wildman–Crippen MR) is 74.3 cm³/mol. The normalized spacial score (nSPS) is 21.1. The van der Waals surface area contributed by atoms with E-state index < -0.39 is 0 Å². The van der Waals surface area contributed by atoms with Gasteiger partial charge in [-0.15, -0.1) is 0 Å². The van der Waals surface area contributed by atoms with Crippen LogP contribution in [0.1, 0.15) is 58.8 Å². The fourth-order valence-corrected chi connectivity index (χ4v) is 3.02. The van der Waals surface area contributed by atoms with Gasteiger partial charge in [0.1, 0.15) is 0 Å². The minimum Gasteiger partial charge on any atom is -0.374 e. The number of hydrogen-bond donors (Lipinski definition) is 1. The second kappa shape index (κ2) is 7.17. The Kier molecular flexibility index (Phi) is 6.21. The first-order valence-corrected chi connectivity index (χ1v) is 7.16. The van der Waals surface area contributed by atoms with Gasteiger partial charge in [0.05, 0.1) is 5.60 Å². The zero-order valence-electron chi connectivity index (χ0n) is 11.8. The average Bonchev–Trinajstić information content (AvgIpc) is 2.37. The second-order valence-electron chi connectivity index (χ2n) is 5.21. The molecule has 17 heavy (non-hydrogen) atoms. The molecule has 0 bridgehead atoms. The Morgan fingerprint density at radius 3 is 2.41 bits per heavy atom. The highest BCUT2D eigenvalue weighted by atomic mass is 16.5. The molecule has 0 saturated heterocycles. The third-order valence-electron chi connectivity index (χ3n) is 4.11. The molecular weight excluding hydrogens is 210 g/mol. The summed E-state index contributed by atoms with van der Waals surface area (Å²) in [5, 5.41) is 3.48.